The Morgan fingerprint density at radius 1 is 1.41 bits per heavy atom. The van der Waals surface area contributed by atoms with Crippen LogP contribution in [-0.4, -0.2) is 63.2 Å². The molecule has 0 bridgehead atoms. The first-order chi connectivity index (χ1) is 12.9. The molecule has 1 amide bonds. The van der Waals surface area contributed by atoms with Gasteiger partial charge in [-0.25, -0.2) is 8.42 Å². The molecule has 7 nitrogen and oxygen atoms in total. The zero-order valence-corrected chi connectivity index (χ0v) is 16.4. The van der Waals surface area contributed by atoms with Gasteiger partial charge in [0.1, 0.15) is 0 Å². The van der Waals surface area contributed by atoms with Gasteiger partial charge in [0.2, 0.25) is 15.9 Å². The number of ether oxygens (including phenoxy) is 1. The average molecular weight is 394 g/mol. The summed E-state index contributed by atoms with van der Waals surface area (Å²) in [5, 5.41) is 9.93. The molecule has 1 aromatic carbocycles. The fourth-order valence-electron chi connectivity index (χ4n) is 4.65. The molecule has 1 aromatic rings. The maximum atomic E-state index is 13.3. The van der Waals surface area contributed by atoms with Crippen molar-refractivity contribution in [3.8, 4) is 0 Å². The second-order valence-corrected chi connectivity index (χ2v) is 9.84. The SMILES string of the molecule is CC(=O)N1CCCc2cc(S(=O)(=O)N3C[C@@H]4COCC[C@]4(CO)C3)ccc21. The van der Waals surface area contributed by atoms with Crippen LogP contribution >= 0.6 is 0 Å². The number of hydrogen-bond donors (Lipinski definition) is 1. The van der Waals surface area contributed by atoms with Crippen molar-refractivity contribution in [1.29, 1.82) is 0 Å². The van der Waals surface area contributed by atoms with Crippen molar-refractivity contribution in [2.75, 3.05) is 44.4 Å². The van der Waals surface area contributed by atoms with Crippen LogP contribution in [0.5, 0.6) is 0 Å². The largest absolute Gasteiger partial charge is 0.396 e. The zero-order chi connectivity index (χ0) is 19.2. The predicted molar refractivity (Wildman–Crippen MR) is 100.0 cm³/mol. The zero-order valence-electron chi connectivity index (χ0n) is 15.6. The molecule has 148 valence electrons. The number of carbonyl (C=O) groups excluding carboxylic acids is 1. The molecule has 1 N–H and O–H groups in total. The number of nitrogens with zero attached hydrogens (tertiary/aromatic N) is 2. The highest BCUT2D eigenvalue weighted by atomic mass is 32.2. The van der Waals surface area contributed by atoms with Crippen LogP contribution in [0.25, 0.3) is 0 Å². The second-order valence-electron chi connectivity index (χ2n) is 7.90. The maximum absolute atomic E-state index is 13.3. The lowest BCUT2D eigenvalue weighted by Gasteiger charge is -2.36. The van der Waals surface area contributed by atoms with Gasteiger partial charge in [-0.3, -0.25) is 4.79 Å². The lowest BCUT2D eigenvalue weighted by molar-refractivity contribution is -0.116. The Hall–Kier alpha value is -1.48. The number of rotatable bonds is 3. The number of sulfonamides is 1. The Morgan fingerprint density at radius 2 is 2.22 bits per heavy atom. The third-order valence-corrected chi connectivity index (χ3v) is 8.15. The van der Waals surface area contributed by atoms with Gasteiger partial charge in [-0.2, -0.15) is 4.31 Å². The summed E-state index contributed by atoms with van der Waals surface area (Å²) in [6.07, 6.45) is 2.27. The van der Waals surface area contributed by atoms with Gasteiger partial charge in [-0.05, 0) is 43.0 Å². The van der Waals surface area contributed by atoms with Gasteiger partial charge in [0.25, 0.3) is 0 Å². The fourth-order valence-corrected chi connectivity index (χ4v) is 6.28. The number of aryl methyl sites for hydroxylation is 1. The maximum Gasteiger partial charge on any atom is 0.243 e. The summed E-state index contributed by atoms with van der Waals surface area (Å²) in [4.78, 5) is 13.8. The molecular formula is C19H26N2O5S. The van der Waals surface area contributed by atoms with Crippen molar-refractivity contribution in [2.24, 2.45) is 11.3 Å². The van der Waals surface area contributed by atoms with Crippen molar-refractivity contribution in [3.05, 3.63) is 23.8 Å². The second kappa shape index (κ2) is 6.84. The van der Waals surface area contributed by atoms with Gasteiger partial charge >= 0.3 is 0 Å². The minimum Gasteiger partial charge on any atom is -0.396 e. The molecule has 0 spiro atoms. The van der Waals surface area contributed by atoms with E-state index in [9.17, 15) is 18.3 Å². The molecule has 0 aliphatic carbocycles. The van der Waals surface area contributed by atoms with Crippen LogP contribution in [0.2, 0.25) is 0 Å². The van der Waals surface area contributed by atoms with Crippen molar-refractivity contribution in [1.82, 2.24) is 4.31 Å². The van der Waals surface area contributed by atoms with Gasteiger partial charge < -0.3 is 14.7 Å². The number of carbonyl (C=O) groups is 1. The van der Waals surface area contributed by atoms with E-state index < -0.39 is 15.4 Å². The lowest BCUT2D eigenvalue weighted by Crippen LogP contribution is -2.41. The summed E-state index contributed by atoms with van der Waals surface area (Å²) in [7, 11) is -3.65. The first-order valence-electron chi connectivity index (χ1n) is 9.47. The third kappa shape index (κ3) is 3.08. The monoisotopic (exact) mass is 394 g/mol. The van der Waals surface area contributed by atoms with E-state index in [1.165, 1.54) is 11.2 Å². The van der Waals surface area contributed by atoms with Crippen LogP contribution < -0.4 is 4.90 Å². The highest BCUT2D eigenvalue weighted by Gasteiger charge is 2.51. The fraction of sp³-hybridized carbons (Fsp3) is 0.632. The highest BCUT2D eigenvalue weighted by Crippen LogP contribution is 2.43. The summed E-state index contributed by atoms with van der Waals surface area (Å²) >= 11 is 0. The molecule has 8 heteroatoms. The molecule has 4 rings (SSSR count). The van der Waals surface area contributed by atoms with E-state index in [0.717, 1.165) is 24.1 Å². The molecule has 0 unspecified atom stereocenters. The van der Waals surface area contributed by atoms with E-state index in [-0.39, 0.29) is 23.3 Å². The van der Waals surface area contributed by atoms with Gasteiger partial charge in [-0.1, -0.05) is 0 Å². The van der Waals surface area contributed by atoms with Crippen molar-refractivity contribution in [2.45, 2.75) is 31.1 Å². The molecular weight excluding hydrogens is 368 g/mol. The summed E-state index contributed by atoms with van der Waals surface area (Å²) in [6, 6.07) is 5.06. The first kappa shape index (κ1) is 18.9. The van der Waals surface area contributed by atoms with Gasteiger partial charge in [0, 0.05) is 50.2 Å². The summed E-state index contributed by atoms with van der Waals surface area (Å²) in [5.41, 5.74) is 1.31. The highest BCUT2D eigenvalue weighted by molar-refractivity contribution is 7.89. The van der Waals surface area contributed by atoms with Crippen molar-refractivity contribution in [3.63, 3.8) is 0 Å². The molecule has 0 saturated carbocycles. The minimum atomic E-state index is -3.65. The molecule has 0 radical (unpaired) electrons. The third-order valence-electron chi connectivity index (χ3n) is 6.35. The van der Waals surface area contributed by atoms with Crippen molar-refractivity contribution < 1.29 is 23.1 Å². The molecule has 2 saturated heterocycles. The van der Waals surface area contributed by atoms with E-state index >= 15 is 0 Å². The van der Waals surface area contributed by atoms with E-state index in [1.54, 1.807) is 23.1 Å². The standard InChI is InChI=1S/C19H26N2O5S/c1-14(23)21-7-2-3-15-9-17(4-5-18(15)21)27(24,25)20-10-16-11-26-8-6-19(16,12-20)13-22/h4-5,9,16,22H,2-3,6-8,10-13H2,1H3/t16-,19-/m1/s1. The summed E-state index contributed by atoms with van der Waals surface area (Å²) < 4.78 is 33.5. The predicted octanol–water partition coefficient (Wildman–Crippen LogP) is 1.01. The Kier molecular flexibility index (Phi) is 4.78. The number of benzene rings is 1. The molecule has 3 heterocycles. The number of aliphatic hydroxyl groups is 1. The Balaban J connectivity index is 1.64. The first-order valence-corrected chi connectivity index (χ1v) is 10.9. The molecule has 3 aliphatic rings. The molecule has 2 atom stereocenters. The van der Waals surface area contributed by atoms with E-state index in [2.05, 4.69) is 0 Å². The number of hydrogen-bond acceptors (Lipinski definition) is 5. The van der Waals surface area contributed by atoms with Gasteiger partial charge in [0.15, 0.2) is 0 Å². The number of anilines is 1. The topological polar surface area (TPSA) is 87.2 Å². The Labute approximate surface area is 160 Å². The van der Waals surface area contributed by atoms with E-state index in [4.69, 9.17) is 4.74 Å². The van der Waals surface area contributed by atoms with Gasteiger partial charge in [-0.15, -0.1) is 0 Å². The lowest BCUT2D eigenvalue weighted by atomic mass is 9.75. The van der Waals surface area contributed by atoms with Crippen LogP contribution in [0.3, 0.4) is 0 Å². The molecule has 2 fully saturated rings. The molecule has 0 aromatic heterocycles. The van der Waals surface area contributed by atoms with Crippen molar-refractivity contribution >= 4 is 21.6 Å². The van der Waals surface area contributed by atoms with Crippen LogP contribution in [0.1, 0.15) is 25.3 Å². The van der Waals surface area contributed by atoms with Crippen LogP contribution in [0.4, 0.5) is 5.69 Å². The van der Waals surface area contributed by atoms with Gasteiger partial charge in [0.05, 0.1) is 18.1 Å². The molecule has 3 aliphatic heterocycles. The normalized spacial score (nSPS) is 28.7. The average Bonchev–Trinajstić information content (AvgIpc) is 3.08. The summed E-state index contributed by atoms with van der Waals surface area (Å²) in [5.74, 6) is -0.00285. The minimum absolute atomic E-state index is 0.0230. The quantitative estimate of drug-likeness (QED) is 0.827. The number of aliphatic hydroxyl groups excluding tert-OH is 1. The number of amides is 1. The Morgan fingerprint density at radius 3 is 2.93 bits per heavy atom. The van der Waals surface area contributed by atoms with Crippen LogP contribution in [0, 0.1) is 11.3 Å². The van der Waals surface area contributed by atoms with E-state index in [0.29, 0.717) is 39.3 Å². The smallest absolute Gasteiger partial charge is 0.243 e. The summed E-state index contributed by atoms with van der Waals surface area (Å²) in [6.45, 7) is 3.93. The van der Waals surface area contributed by atoms with E-state index in [1.807, 2.05) is 0 Å². The number of fused-ring (bicyclic) bond motifs is 2. The Bertz CT molecular complexity index is 856. The van der Waals surface area contributed by atoms with Crippen LogP contribution in [-0.2, 0) is 26.0 Å². The van der Waals surface area contributed by atoms with Crippen LogP contribution in [0.15, 0.2) is 23.1 Å². The molecule has 27 heavy (non-hydrogen) atoms.